The highest BCUT2D eigenvalue weighted by atomic mass is 32.2. The van der Waals surface area contributed by atoms with Gasteiger partial charge < -0.3 is 5.32 Å². The lowest BCUT2D eigenvalue weighted by Crippen LogP contribution is -2.14. The topological polar surface area (TPSA) is 37.8 Å². The van der Waals surface area contributed by atoms with E-state index in [0.29, 0.717) is 0 Å². The molecule has 1 N–H and O–H groups in total. The molecule has 0 unspecified atom stereocenters. The molecule has 20 heavy (non-hydrogen) atoms. The van der Waals surface area contributed by atoms with Crippen molar-refractivity contribution in [1.29, 1.82) is 0 Å². The summed E-state index contributed by atoms with van der Waals surface area (Å²) in [4.78, 5) is 10.1. The third-order valence-electron chi connectivity index (χ3n) is 3.27. The van der Waals surface area contributed by atoms with Crippen molar-refractivity contribution >= 4 is 11.8 Å². The average molecular weight is 285 g/mol. The van der Waals surface area contributed by atoms with Crippen LogP contribution in [0.2, 0.25) is 0 Å². The van der Waals surface area contributed by atoms with Crippen molar-refractivity contribution in [1.82, 2.24) is 15.3 Å². The number of hydrogen-bond acceptors (Lipinski definition) is 4. The van der Waals surface area contributed by atoms with Gasteiger partial charge in [-0.25, -0.2) is 9.97 Å². The number of nitrogens with zero attached hydrogens (tertiary/aromatic N) is 2. The molecule has 1 fully saturated rings. The molecular weight excluding hydrogens is 266 g/mol. The van der Waals surface area contributed by atoms with Crippen LogP contribution in [0.1, 0.15) is 29.8 Å². The Labute approximate surface area is 124 Å². The molecule has 0 aliphatic heterocycles. The van der Waals surface area contributed by atoms with E-state index in [9.17, 15) is 0 Å². The molecule has 0 saturated heterocycles. The van der Waals surface area contributed by atoms with Gasteiger partial charge in [-0.05, 0) is 62.2 Å². The third-order valence-corrected chi connectivity index (χ3v) is 4.14. The van der Waals surface area contributed by atoms with Crippen molar-refractivity contribution < 1.29 is 0 Å². The summed E-state index contributed by atoms with van der Waals surface area (Å²) < 4.78 is 0. The highest BCUT2D eigenvalue weighted by Crippen LogP contribution is 2.25. The van der Waals surface area contributed by atoms with Crippen LogP contribution in [0.15, 0.2) is 40.4 Å². The quantitative estimate of drug-likeness (QED) is 0.853. The highest BCUT2D eigenvalue weighted by Gasteiger charge is 2.19. The minimum Gasteiger partial charge on any atom is -0.310 e. The lowest BCUT2D eigenvalue weighted by Gasteiger charge is -2.05. The maximum Gasteiger partial charge on any atom is 0.192 e. The largest absolute Gasteiger partial charge is 0.310 e. The van der Waals surface area contributed by atoms with E-state index >= 15 is 0 Å². The van der Waals surface area contributed by atoms with Crippen molar-refractivity contribution in [3.8, 4) is 0 Å². The van der Waals surface area contributed by atoms with E-state index in [4.69, 9.17) is 0 Å². The van der Waals surface area contributed by atoms with Gasteiger partial charge in [0.2, 0.25) is 0 Å². The van der Waals surface area contributed by atoms with Gasteiger partial charge in [0.1, 0.15) is 0 Å². The van der Waals surface area contributed by atoms with E-state index in [0.717, 1.165) is 29.1 Å². The van der Waals surface area contributed by atoms with Gasteiger partial charge in [0, 0.05) is 28.9 Å². The van der Waals surface area contributed by atoms with Crippen molar-refractivity contribution in [2.75, 3.05) is 0 Å². The van der Waals surface area contributed by atoms with Gasteiger partial charge in [-0.3, -0.25) is 0 Å². The van der Waals surface area contributed by atoms with E-state index in [1.54, 1.807) is 11.8 Å². The van der Waals surface area contributed by atoms with E-state index in [1.807, 2.05) is 19.9 Å². The smallest absolute Gasteiger partial charge is 0.192 e. The number of aryl methyl sites for hydroxylation is 2. The summed E-state index contributed by atoms with van der Waals surface area (Å²) in [6.07, 6.45) is 2.66. The number of aromatic nitrogens is 2. The van der Waals surface area contributed by atoms with Crippen LogP contribution in [0.3, 0.4) is 0 Å². The monoisotopic (exact) mass is 285 g/mol. The van der Waals surface area contributed by atoms with Crippen LogP contribution in [0.4, 0.5) is 0 Å². The van der Waals surface area contributed by atoms with E-state index in [-0.39, 0.29) is 0 Å². The first-order valence-electron chi connectivity index (χ1n) is 7.01. The fraction of sp³-hybridized carbons (Fsp3) is 0.375. The average Bonchev–Trinajstić information content (AvgIpc) is 3.21. The first kappa shape index (κ1) is 13.6. The molecule has 104 valence electrons. The molecule has 1 aromatic carbocycles. The molecule has 1 heterocycles. The molecule has 0 spiro atoms. The zero-order valence-corrected chi connectivity index (χ0v) is 12.7. The standard InChI is InChI=1S/C16H19N3S/c1-11-9-12(2)19-16(18-11)20-15-7-3-13(4-8-15)10-17-14-5-6-14/h3-4,7-9,14,17H,5-6,10H2,1-2H3. The minimum atomic E-state index is 0.757. The van der Waals surface area contributed by atoms with E-state index < -0.39 is 0 Å². The zero-order valence-electron chi connectivity index (χ0n) is 11.9. The molecular formula is C16H19N3S. The van der Waals surface area contributed by atoms with Gasteiger partial charge in [0.15, 0.2) is 5.16 Å². The maximum absolute atomic E-state index is 4.46. The van der Waals surface area contributed by atoms with Gasteiger partial charge in [-0.2, -0.15) is 0 Å². The second-order valence-electron chi connectivity index (χ2n) is 5.33. The van der Waals surface area contributed by atoms with E-state index in [1.165, 1.54) is 23.3 Å². The summed E-state index contributed by atoms with van der Waals surface area (Å²) in [5.41, 5.74) is 3.37. The van der Waals surface area contributed by atoms with Crippen molar-refractivity contribution in [2.45, 2.75) is 49.3 Å². The van der Waals surface area contributed by atoms with Crippen LogP contribution in [-0.4, -0.2) is 16.0 Å². The fourth-order valence-electron chi connectivity index (χ4n) is 2.07. The summed E-state index contributed by atoms with van der Waals surface area (Å²) in [5, 5.41) is 4.35. The number of hydrogen-bond donors (Lipinski definition) is 1. The van der Waals surface area contributed by atoms with Gasteiger partial charge in [-0.15, -0.1) is 0 Å². The molecule has 1 aromatic heterocycles. The zero-order chi connectivity index (χ0) is 13.9. The Bertz CT molecular complexity index is 571. The second-order valence-corrected chi connectivity index (χ2v) is 6.38. The SMILES string of the molecule is Cc1cc(C)nc(Sc2ccc(CNC3CC3)cc2)n1. The molecule has 1 aliphatic carbocycles. The highest BCUT2D eigenvalue weighted by molar-refractivity contribution is 7.99. The lowest BCUT2D eigenvalue weighted by atomic mass is 10.2. The third kappa shape index (κ3) is 3.81. The Balaban J connectivity index is 1.64. The summed E-state index contributed by atoms with van der Waals surface area (Å²) >= 11 is 1.62. The number of nitrogens with one attached hydrogen (secondary N) is 1. The molecule has 1 saturated carbocycles. The summed E-state index contributed by atoms with van der Waals surface area (Å²) in [6.45, 7) is 4.98. The molecule has 3 nitrogen and oxygen atoms in total. The van der Waals surface area contributed by atoms with Crippen LogP contribution in [0.25, 0.3) is 0 Å². The van der Waals surface area contributed by atoms with Crippen molar-refractivity contribution in [2.24, 2.45) is 0 Å². The Kier molecular flexibility index (Phi) is 4.03. The maximum atomic E-state index is 4.46. The summed E-state index contributed by atoms with van der Waals surface area (Å²) in [6, 6.07) is 11.4. The lowest BCUT2D eigenvalue weighted by molar-refractivity contribution is 0.687. The van der Waals surface area contributed by atoms with Crippen LogP contribution in [0.5, 0.6) is 0 Å². The molecule has 0 bridgehead atoms. The molecule has 2 aromatic rings. The predicted octanol–water partition coefficient (Wildman–Crippen LogP) is 3.50. The Hall–Kier alpha value is -1.39. The summed E-state index contributed by atoms with van der Waals surface area (Å²) in [5.74, 6) is 0. The van der Waals surface area contributed by atoms with Crippen LogP contribution in [0, 0.1) is 13.8 Å². The van der Waals surface area contributed by atoms with Crippen LogP contribution >= 0.6 is 11.8 Å². The Morgan fingerprint density at radius 3 is 2.35 bits per heavy atom. The van der Waals surface area contributed by atoms with Crippen LogP contribution in [-0.2, 0) is 6.54 Å². The molecule has 0 radical (unpaired) electrons. The molecule has 3 rings (SSSR count). The molecule has 0 amide bonds. The first-order chi connectivity index (χ1) is 9.69. The van der Waals surface area contributed by atoms with Gasteiger partial charge in [0.25, 0.3) is 0 Å². The molecule has 1 aliphatic rings. The first-order valence-corrected chi connectivity index (χ1v) is 7.83. The van der Waals surface area contributed by atoms with Gasteiger partial charge in [-0.1, -0.05) is 12.1 Å². The van der Waals surface area contributed by atoms with Crippen molar-refractivity contribution in [3.05, 3.63) is 47.3 Å². The number of rotatable bonds is 5. The van der Waals surface area contributed by atoms with E-state index in [2.05, 4.69) is 39.6 Å². The summed E-state index contributed by atoms with van der Waals surface area (Å²) in [7, 11) is 0. The molecule has 0 atom stereocenters. The normalized spacial score (nSPS) is 14.5. The fourth-order valence-corrected chi connectivity index (χ4v) is 2.93. The predicted molar refractivity (Wildman–Crippen MR) is 81.9 cm³/mol. The Morgan fingerprint density at radius 2 is 1.75 bits per heavy atom. The van der Waals surface area contributed by atoms with Crippen molar-refractivity contribution in [3.63, 3.8) is 0 Å². The number of benzene rings is 1. The van der Waals surface area contributed by atoms with Gasteiger partial charge in [0.05, 0.1) is 0 Å². The van der Waals surface area contributed by atoms with Crippen LogP contribution < -0.4 is 5.32 Å². The minimum absolute atomic E-state index is 0.757. The molecule has 4 heteroatoms. The van der Waals surface area contributed by atoms with Gasteiger partial charge >= 0.3 is 0 Å². The second kappa shape index (κ2) is 5.94. The Morgan fingerprint density at radius 1 is 1.10 bits per heavy atom.